The van der Waals surface area contributed by atoms with Crippen LogP contribution in [0.1, 0.15) is 38.2 Å². The molecule has 0 unspecified atom stereocenters. The first-order valence-corrected chi connectivity index (χ1v) is 9.33. The van der Waals surface area contributed by atoms with Gasteiger partial charge in [0.2, 0.25) is 0 Å². The van der Waals surface area contributed by atoms with Gasteiger partial charge in [-0.25, -0.2) is 9.59 Å². The van der Waals surface area contributed by atoms with Crippen LogP contribution < -0.4 is 15.4 Å². The van der Waals surface area contributed by atoms with E-state index < -0.39 is 31.1 Å². The van der Waals surface area contributed by atoms with Crippen LogP contribution in [-0.4, -0.2) is 37.2 Å². The first kappa shape index (κ1) is 22.3. The van der Waals surface area contributed by atoms with Gasteiger partial charge in [-0.05, 0) is 42.5 Å². The van der Waals surface area contributed by atoms with Gasteiger partial charge in [0, 0.05) is 12.1 Å². The van der Waals surface area contributed by atoms with Gasteiger partial charge in [0.15, 0.2) is 6.61 Å². The van der Waals surface area contributed by atoms with E-state index in [0.29, 0.717) is 11.5 Å². The average molecular weight is 410 g/mol. The van der Waals surface area contributed by atoms with Gasteiger partial charge in [-0.15, -0.1) is 0 Å². The lowest BCUT2D eigenvalue weighted by atomic mass is 9.86. The van der Waals surface area contributed by atoms with E-state index in [1.165, 1.54) is 30.3 Å². The van der Waals surface area contributed by atoms with Gasteiger partial charge in [-0.2, -0.15) is 8.78 Å². The third-order valence-corrected chi connectivity index (χ3v) is 4.54. The van der Waals surface area contributed by atoms with Crippen molar-refractivity contribution in [2.75, 3.05) is 6.61 Å². The van der Waals surface area contributed by atoms with E-state index in [0.717, 1.165) is 31.8 Å². The zero-order chi connectivity index (χ0) is 21.2. The van der Waals surface area contributed by atoms with Crippen molar-refractivity contribution in [2.45, 2.75) is 45.3 Å². The fraction of sp³-hybridized carbons (Fsp3) is 0.450. The largest absolute Gasteiger partial charge is 0.452 e. The fourth-order valence-electron chi connectivity index (χ4n) is 3.01. The van der Waals surface area contributed by atoms with Gasteiger partial charge in [0.1, 0.15) is 5.75 Å². The maximum atomic E-state index is 12.1. The number of hydrogen-bond donors (Lipinski definition) is 2. The highest BCUT2D eigenvalue weighted by molar-refractivity contribution is 5.96. The van der Waals surface area contributed by atoms with Crippen LogP contribution in [0.4, 0.5) is 13.6 Å². The second kappa shape index (κ2) is 11.1. The number of urea groups is 1. The summed E-state index contributed by atoms with van der Waals surface area (Å²) in [5, 5.41) is 4.90. The van der Waals surface area contributed by atoms with Crippen molar-refractivity contribution in [3.63, 3.8) is 0 Å². The number of benzene rings is 1. The molecular weight excluding hydrogens is 386 g/mol. The highest BCUT2D eigenvalue weighted by atomic mass is 19.3. The average Bonchev–Trinajstić information content (AvgIpc) is 2.67. The van der Waals surface area contributed by atoms with Crippen LogP contribution in [0, 0.1) is 5.92 Å². The minimum absolute atomic E-state index is 0.00250. The molecule has 0 aliphatic heterocycles. The molecule has 2 N–H and O–H groups in total. The normalized spacial score (nSPS) is 19.0. The summed E-state index contributed by atoms with van der Waals surface area (Å²) in [6, 6.07) is 5.04. The van der Waals surface area contributed by atoms with Crippen molar-refractivity contribution >= 4 is 24.0 Å². The van der Waals surface area contributed by atoms with E-state index in [-0.39, 0.29) is 11.8 Å². The highest BCUT2D eigenvalue weighted by Crippen LogP contribution is 2.23. The molecule has 1 aromatic carbocycles. The number of carbonyl (C=O) groups is 3. The fourth-order valence-corrected chi connectivity index (χ4v) is 3.01. The molecule has 1 aromatic rings. The summed E-state index contributed by atoms with van der Waals surface area (Å²) in [6.45, 7) is -1.46. The zero-order valence-electron chi connectivity index (χ0n) is 16.0. The predicted molar refractivity (Wildman–Crippen MR) is 101 cm³/mol. The topological polar surface area (TPSA) is 93.7 Å². The van der Waals surface area contributed by atoms with Crippen LogP contribution >= 0.6 is 0 Å². The number of rotatable bonds is 7. The second-order valence-electron chi connectivity index (χ2n) is 6.78. The molecule has 1 aliphatic rings. The molecule has 0 bridgehead atoms. The number of nitrogens with one attached hydrogen (secondary N) is 2. The van der Waals surface area contributed by atoms with E-state index >= 15 is 0 Å². The smallest absolute Gasteiger partial charge is 0.387 e. The maximum Gasteiger partial charge on any atom is 0.387 e. The summed E-state index contributed by atoms with van der Waals surface area (Å²) in [5.74, 6) is -1.17. The van der Waals surface area contributed by atoms with E-state index in [1.54, 1.807) is 0 Å². The summed E-state index contributed by atoms with van der Waals surface area (Å²) < 4.78 is 33.2. The monoisotopic (exact) mass is 410 g/mol. The Morgan fingerprint density at radius 1 is 1.17 bits per heavy atom. The van der Waals surface area contributed by atoms with Crippen molar-refractivity contribution in [3.8, 4) is 5.75 Å². The Bertz CT molecular complexity index is 737. The summed E-state index contributed by atoms with van der Waals surface area (Å²) in [5.41, 5.74) is 0.550. The van der Waals surface area contributed by atoms with E-state index in [9.17, 15) is 23.2 Å². The Morgan fingerprint density at radius 3 is 2.52 bits per heavy atom. The molecule has 2 atom stereocenters. The van der Waals surface area contributed by atoms with Gasteiger partial charge < -0.3 is 14.8 Å². The molecule has 0 aromatic heterocycles. The number of halogens is 2. The lowest BCUT2D eigenvalue weighted by Crippen LogP contribution is -2.48. The quantitative estimate of drug-likeness (QED) is 0.532. The molecule has 0 heterocycles. The molecule has 2 rings (SSSR count). The summed E-state index contributed by atoms with van der Waals surface area (Å²) in [6.07, 6.45) is 6.55. The first-order valence-electron chi connectivity index (χ1n) is 9.33. The van der Waals surface area contributed by atoms with Gasteiger partial charge in [-0.1, -0.05) is 31.9 Å². The molecule has 1 saturated carbocycles. The van der Waals surface area contributed by atoms with Crippen LogP contribution in [0.3, 0.4) is 0 Å². The van der Waals surface area contributed by atoms with Crippen LogP contribution in [0.15, 0.2) is 30.3 Å². The molecule has 0 saturated heterocycles. The number of imide groups is 1. The summed E-state index contributed by atoms with van der Waals surface area (Å²) in [4.78, 5) is 35.3. The van der Waals surface area contributed by atoms with Crippen molar-refractivity contribution in [1.29, 1.82) is 0 Å². The number of esters is 1. The van der Waals surface area contributed by atoms with E-state index in [1.807, 2.05) is 0 Å². The van der Waals surface area contributed by atoms with Gasteiger partial charge in [0.05, 0.1) is 0 Å². The molecule has 0 radical (unpaired) electrons. The molecule has 7 nitrogen and oxygen atoms in total. The first-order chi connectivity index (χ1) is 13.8. The van der Waals surface area contributed by atoms with Crippen LogP contribution in [0.5, 0.6) is 5.75 Å². The highest BCUT2D eigenvalue weighted by Gasteiger charge is 2.23. The molecule has 1 aliphatic carbocycles. The Morgan fingerprint density at radius 2 is 1.86 bits per heavy atom. The number of carbonyl (C=O) groups excluding carboxylic acids is 3. The molecule has 9 heteroatoms. The van der Waals surface area contributed by atoms with E-state index in [4.69, 9.17) is 4.74 Å². The molecule has 158 valence electrons. The Labute approximate surface area is 167 Å². The number of amides is 3. The van der Waals surface area contributed by atoms with Crippen molar-refractivity contribution in [3.05, 3.63) is 35.9 Å². The Balaban J connectivity index is 1.70. The lowest BCUT2D eigenvalue weighted by molar-refractivity contribution is -0.143. The lowest BCUT2D eigenvalue weighted by Gasteiger charge is -2.29. The summed E-state index contributed by atoms with van der Waals surface area (Å²) >= 11 is 0. The van der Waals surface area contributed by atoms with Crippen molar-refractivity contribution in [1.82, 2.24) is 10.6 Å². The van der Waals surface area contributed by atoms with Crippen molar-refractivity contribution < 1.29 is 32.6 Å². The summed E-state index contributed by atoms with van der Waals surface area (Å²) in [7, 11) is 0. The molecule has 3 amide bonds. The van der Waals surface area contributed by atoms with Crippen molar-refractivity contribution in [2.24, 2.45) is 5.92 Å². The van der Waals surface area contributed by atoms with Crippen LogP contribution in [-0.2, 0) is 14.3 Å². The minimum Gasteiger partial charge on any atom is -0.452 e. The number of hydrogen-bond acceptors (Lipinski definition) is 5. The molecule has 0 spiro atoms. The molecular formula is C20H24F2N2O5. The number of alkyl halides is 2. The van der Waals surface area contributed by atoms with Gasteiger partial charge in [0.25, 0.3) is 5.91 Å². The minimum atomic E-state index is -2.91. The van der Waals surface area contributed by atoms with Crippen LogP contribution in [0.2, 0.25) is 0 Å². The third-order valence-electron chi connectivity index (χ3n) is 4.54. The van der Waals surface area contributed by atoms with Gasteiger partial charge >= 0.3 is 18.6 Å². The Kier molecular flexibility index (Phi) is 8.57. The molecule has 1 fully saturated rings. The number of ether oxygens (including phenoxy) is 2. The maximum absolute atomic E-state index is 12.1. The SMILES string of the molecule is C[C@@H]1CCCC[C@H]1NC(=O)NC(=O)COC(=O)/C=C/c1ccc(OC(F)F)cc1. The van der Waals surface area contributed by atoms with Crippen LogP contribution in [0.25, 0.3) is 6.08 Å². The van der Waals surface area contributed by atoms with E-state index in [2.05, 4.69) is 22.3 Å². The zero-order valence-corrected chi connectivity index (χ0v) is 16.0. The molecule has 29 heavy (non-hydrogen) atoms. The standard InChI is InChI=1S/C20H24F2N2O5/c1-13-4-2-3-5-16(13)23-20(27)24-17(25)12-28-18(26)11-8-14-6-9-15(10-7-14)29-19(21)22/h6-11,13,16,19H,2-5,12H2,1H3,(H2,23,24,25,27)/b11-8+/t13-,16-/m1/s1. The second-order valence-corrected chi connectivity index (χ2v) is 6.78. The third kappa shape index (κ3) is 8.28. The van der Waals surface area contributed by atoms with Gasteiger partial charge in [-0.3, -0.25) is 10.1 Å². The Hall–Kier alpha value is -2.97. The predicted octanol–water partition coefficient (Wildman–Crippen LogP) is 3.25.